The van der Waals surface area contributed by atoms with E-state index in [0.29, 0.717) is 10.6 Å². The van der Waals surface area contributed by atoms with Crippen molar-refractivity contribution >= 4 is 17.2 Å². The first-order valence-electron chi connectivity index (χ1n) is 5.98. The lowest BCUT2D eigenvalue weighted by molar-refractivity contribution is 0.0957. The number of nitriles is 1. The molecule has 1 aromatic heterocycles. The molecule has 3 N–H and O–H groups in total. The molecule has 5 nitrogen and oxygen atoms in total. The van der Waals surface area contributed by atoms with E-state index in [0.717, 1.165) is 16.5 Å². The third kappa shape index (κ3) is 3.37. The van der Waals surface area contributed by atoms with E-state index in [4.69, 9.17) is 15.8 Å². The number of amides is 1. The summed E-state index contributed by atoms with van der Waals surface area (Å²) in [6.07, 6.45) is 0. The largest absolute Gasteiger partial charge is 0.489 e. The SMILES string of the molecule is Cc1sc(C(=O)NN)cc1COc1ccc(C#N)c(F)c1. The van der Waals surface area contributed by atoms with Crippen molar-refractivity contribution in [3.63, 3.8) is 0 Å². The van der Waals surface area contributed by atoms with Crippen LogP contribution < -0.4 is 16.0 Å². The van der Waals surface area contributed by atoms with Gasteiger partial charge >= 0.3 is 0 Å². The van der Waals surface area contributed by atoms with E-state index in [1.807, 2.05) is 6.92 Å². The maximum absolute atomic E-state index is 13.4. The molecule has 1 amide bonds. The lowest BCUT2D eigenvalue weighted by Crippen LogP contribution is -2.29. The van der Waals surface area contributed by atoms with Crippen molar-refractivity contribution in [2.75, 3.05) is 0 Å². The van der Waals surface area contributed by atoms with E-state index >= 15 is 0 Å². The molecule has 1 aromatic carbocycles. The first-order valence-corrected chi connectivity index (χ1v) is 6.79. The molecular formula is C14H12FN3O2S. The normalized spacial score (nSPS) is 10.0. The Hall–Kier alpha value is -2.43. The second-order valence-corrected chi connectivity index (χ2v) is 5.46. The minimum absolute atomic E-state index is 0.0315. The summed E-state index contributed by atoms with van der Waals surface area (Å²) in [6.45, 7) is 2.06. The van der Waals surface area contributed by atoms with Crippen molar-refractivity contribution in [1.29, 1.82) is 5.26 Å². The van der Waals surface area contributed by atoms with Crippen LogP contribution in [0.2, 0.25) is 0 Å². The average Bonchev–Trinajstić information content (AvgIpc) is 2.85. The van der Waals surface area contributed by atoms with Gasteiger partial charge in [-0.1, -0.05) is 0 Å². The Bertz CT molecular complexity index is 721. The highest BCUT2D eigenvalue weighted by molar-refractivity contribution is 7.14. The first-order chi connectivity index (χ1) is 10.0. The van der Waals surface area contributed by atoms with Crippen LogP contribution >= 0.6 is 11.3 Å². The zero-order valence-corrected chi connectivity index (χ0v) is 12.0. The van der Waals surface area contributed by atoms with E-state index < -0.39 is 5.82 Å². The molecule has 0 fully saturated rings. The Kier molecular flexibility index (Phi) is 4.52. The summed E-state index contributed by atoms with van der Waals surface area (Å²) in [6, 6.07) is 7.47. The molecule has 0 radical (unpaired) electrons. The highest BCUT2D eigenvalue weighted by Gasteiger charge is 2.12. The maximum atomic E-state index is 13.4. The summed E-state index contributed by atoms with van der Waals surface area (Å²) in [4.78, 5) is 12.8. The van der Waals surface area contributed by atoms with Gasteiger partial charge in [0, 0.05) is 16.5 Å². The number of halogens is 1. The number of benzene rings is 1. The molecule has 21 heavy (non-hydrogen) atoms. The van der Waals surface area contributed by atoms with Crippen LogP contribution in [0, 0.1) is 24.1 Å². The van der Waals surface area contributed by atoms with Gasteiger partial charge in [0.05, 0.1) is 10.4 Å². The van der Waals surface area contributed by atoms with Crippen LogP contribution in [-0.2, 0) is 6.61 Å². The van der Waals surface area contributed by atoms with Crippen molar-refractivity contribution in [2.45, 2.75) is 13.5 Å². The van der Waals surface area contributed by atoms with Gasteiger partial charge in [-0.3, -0.25) is 10.2 Å². The molecule has 2 rings (SSSR count). The lowest BCUT2D eigenvalue weighted by Gasteiger charge is -2.06. The predicted octanol–water partition coefficient (Wildman–Crippen LogP) is 2.25. The van der Waals surface area contributed by atoms with Crippen molar-refractivity contribution in [3.8, 4) is 11.8 Å². The quantitative estimate of drug-likeness (QED) is 0.515. The van der Waals surface area contributed by atoms with E-state index in [9.17, 15) is 9.18 Å². The van der Waals surface area contributed by atoms with Gasteiger partial charge < -0.3 is 4.74 Å². The highest BCUT2D eigenvalue weighted by atomic mass is 32.1. The number of hydrazine groups is 1. The zero-order chi connectivity index (χ0) is 15.4. The zero-order valence-electron chi connectivity index (χ0n) is 11.1. The van der Waals surface area contributed by atoms with Crippen LogP contribution in [0.1, 0.15) is 25.7 Å². The number of aryl methyl sites for hydroxylation is 1. The number of rotatable bonds is 4. The predicted molar refractivity (Wildman–Crippen MR) is 76.2 cm³/mol. The van der Waals surface area contributed by atoms with Crippen molar-refractivity contribution in [3.05, 3.63) is 51.0 Å². The minimum atomic E-state index is -0.625. The van der Waals surface area contributed by atoms with E-state index in [1.165, 1.54) is 23.5 Å². The molecule has 0 bridgehead atoms. The molecule has 0 spiro atoms. The second kappa shape index (κ2) is 6.35. The van der Waals surface area contributed by atoms with Gasteiger partial charge in [0.1, 0.15) is 24.2 Å². The number of nitrogens with zero attached hydrogens (tertiary/aromatic N) is 1. The van der Waals surface area contributed by atoms with Gasteiger partial charge in [0.15, 0.2) is 0 Å². The summed E-state index contributed by atoms with van der Waals surface area (Å²) < 4.78 is 18.9. The molecule has 0 saturated heterocycles. The monoisotopic (exact) mass is 305 g/mol. The highest BCUT2D eigenvalue weighted by Crippen LogP contribution is 2.24. The van der Waals surface area contributed by atoms with Gasteiger partial charge in [0.25, 0.3) is 5.91 Å². The molecule has 0 aliphatic heterocycles. The molecule has 1 heterocycles. The number of nitrogen functional groups attached to an aromatic ring is 1. The van der Waals surface area contributed by atoms with Crippen LogP contribution in [0.5, 0.6) is 5.75 Å². The molecule has 0 atom stereocenters. The summed E-state index contributed by atoms with van der Waals surface area (Å²) in [5.41, 5.74) is 2.86. The topological polar surface area (TPSA) is 88.1 Å². The summed E-state index contributed by atoms with van der Waals surface area (Å²) in [5.74, 6) is 4.41. The van der Waals surface area contributed by atoms with Gasteiger partial charge in [0.2, 0.25) is 0 Å². The van der Waals surface area contributed by atoms with Gasteiger partial charge in [-0.15, -0.1) is 11.3 Å². The Morgan fingerprint density at radius 1 is 1.52 bits per heavy atom. The molecule has 108 valence electrons. The van der Waals surface area contributed by atoms with E-state index in [1.54, 1.807) is 12.1 Å². The van der Waals surface area contributed by atoms with E-state index in [2.05, 4.69) is 5.43 Å². The summed E-state index contributed by atoms with van der Waals surface area (Å²) >= 11 is 1.30. The molecule has 0 aliphatic rings. The molecule has 0 aliphatic carbocycles. The second-order valence-electron chi connectivity index (χ2n) is 4.21. The Morgan fingerprint density at radius 3 is 2.90 bits per heavy atom. The van der Waals surface area contributed by atoms with Crippen molar-refractivity contribution in [1.82, 2.24) is 5.43 Å². The van der Waals surface area contributed by atoms with Crippen LogP contribution in [0.3, 0.4) is 0 Å². The number of carbonyl (C=O) groups is 1. The number of nitrogens with one attached hydrogen (secondary N) is 1. The molecular weight excluding hydrogens is 293 g/mol. The fourth-order valence-corrected chi connectivity index (χ4v) is 2.62. The first kappa shape index (κ1) is 15.0. The smallest absolute Gasteiger partial charge is 0.275 e. The Balaban J connectivity index is 2.10. The minimum Gasteiger partial charge on any atom is -0.489 e. The van der Waals surface area contributed by atoms with Crippen LogP contribution in [0.4, 0.5) is 4.39 Å². The van der Waals surface area contributed by atoms with Crippen LogP contribution in [0.25, 0.3) is 0 Å². The number of nitrogens with two attached hydrogens (primary N) is 1. The molecule has 0 unspecified atom stereocenters. The van der Waals surface area contributed by atoms with Gasteiger partial charge in [-0.25, -0.2) is 10.2 Å². The number of hydrogen-bond donors (Lipinski definition) is 2. The fraction of sp³-hybridized carbons (Fsp3) is 0.143. The fourth-order valence-electron chi connectivity index (χ4n) is 1.68. The summed E-state index contributed by atoms with van der Waals surface area (Å²) in [5, 5.41) is 8.65. The Labute approximate surface area is 124 Å². The number of hydrogen-bond acceptors (Lipinski definition) is 5. The standard InChI is InChI=1S/C14H12FN3O2S/c1-8-10(4-13(21-8)14(19)18-17)7-20-11-3-2-9(6-16)12(15)5-11/h2-5H,7,17H2,1H3,(H,18,19). The third-order valence-electron chi connectivity index (χ3n) is 2.83. The number of carbonyl (C=O) groups excluding carboxylic acids is 1. The molecule has 2 aromatic rings. The van der Waals surface area contributed by atoms with Gasteiger partial charge in [-0.2, -0.15) is 5.26 Å². The Morgan fingerprint density at radius 2 is 2.29 bits per heavy atom. The number of ether oxygens (including phenoxy) is 1. The molecule has 0 saturated carbocycles. The average molecular weight is 305 g/mol. The van der Waals surface area contributed by atoms with Crippen molar-refractivity contribution in [2.24, 2.45) is 5.84 Å². The van der Waals surface area contributed by atoms with Crippen LogP contribution in [0.15, 0.2) is 24.3 Å². The van der Waals surface area contributed by atoms with Crippen LogP contribution in [-0.4, -0.2) is 5.91 Å². The van der Waals surface area contributed by atoms with Crippen molar-refractivity contribution < 1.29 is 13.9 Å². The molecule has 7 heteroatoms. The third-order valence-corrected chi connectivity index (χ3v) is 3.92. The summed E-state index contributed by atoms with van der Waals surface area (Å²) in [7, 11) is 0. The van der Waals surface area contributed by atoms with Gasteiger partial charge in [-0.05, 0) is 25.1 Å². The van der Waals surface area contributed by atoms with E-state index in [-0.39, 0.29) is 18.1 Å². The maximum Gasteiger partial charge on any atom is 0.275 e. The lowest BCUT2D eigenvalue weighted by atomic mass is 10.2. The number of thiophene rings is 1.